The van der Waals surface area contributed by atoms with Crippen molar-refractivity contribution < 1.29 is 9.21 Å². The Hall–Kier alpha value is -2.88. The van der Waals surface area contributed by atoms with E-state index in [0.29, 0.717) is 18.7 Å². The number of fused-ring (bicyclic) bond motifs is 1. The molecule has 0 fully saturated rings. The molecule has 4 rings (SSSR count). The van der Waals surface area contributed by atoms with Crippen molar-refractivity contribution in [2.45, 2.75) is 45.6 Å². The van der Waals surface area contributed by atoms with Gasteiger partial charge in [-0.15, -0.1) is 0 Å². The fraction of sp³-hybridized carbons (Fsp3) is 0.304. The Bertz CT molecular complexity index is 943. The molecule has 3 aromatic rings. The van der Waals surface area contributed by atoms with Crippen LogP contribution in [0.4, 0.5) is 5.69 Å². The lowest BCUT2D eigenvalue weighted by atomic mass is 9.96. The minimum absolute atomic E-state index is 0.129. The minimum Gasteiger partial charge on any atom is -0.441 e. The molecule has 138 valence electrons. The largest absolute Gasteiger partial charge is 0.441 e. The Morgan fingerprint density at radius 2 is 1.96 bits per heavy atom. The van der Waals surface area contributed by atoms with Crippen molar-refractivity contribution in [3.8, 4) is 11.3 Å². The quantitative estimate of drug-likeness (QED) is 0.661. The predicted molar refractivity (Wildman–Crippen MR) is 107 cm³/mol. The van der Waals surface area contributed by atoms with E-state index in [1.165, 1.54) is 11.1 Å². The van der Waals surface area contributed by atoms with Gasteiger partial charge in [0.05, 0.1) is 6.20 Å². The fourth-order valence-electron chi connectivity index (χ4n) is 3.68. The lowest BCUT2D eigenvalue weighted by molar-refractivity contribution is -0.119. The topological polar surface area (TPSA) is 46.3 Å². The summed E-state index contributed by atoms with van der Waals surface area (Å²) in [6.07, 6.45) is 4.67. The summed E-state index contributed by atoms with van der Waals surface area (Å²) in [4.78, 5) is 19.2. The van der Waals surface area contributed by atoms with Crippen molar-refractivity contribution in [1.82, 2.24) is 4.98 Å². The first-order valence-corrected chi connectivity index (χ1v) is 9.53. The first-order chi connectivity index (χ1) is 13.1. The van der Waals surface area contributed by atoms with Crippen LogP contribution in [0.1, 0.15) is 36.8 Å². The molecule has 2 heterocycles. The van der Waals surface area contributed by atoms with E-state index in [2.05, 4.69) is 37.0 Å². The molecule has 1 aliphatic heterocycles. The number of hydrogen-bond donors (Lipinski definition) is 0. The maximum Gasteiger partial charge on any atom is 0.227 e. The number of amides is 1. The van der Waals surface area contributed by atoms with Gasteiger partial charge in [-0.1, -0.05) is 48.0 Å². The molecule has 4 nitrogen and oxygen atoms in total. The summed E-state index contributed by atoms with van der Waals surface area (Å²) in [6, 6.07) is 16.6. The zero-order valence-corrected chi connectivity index (χ0v) is 15.8. The number of hydrogen-bond acceptors (Lipinski definition) is 3. The van der Waals surface area contributed by atoms with Crippen LogP contribution in [0, 0.1) is 6.92 Å². The lowest BCUT2D eigenvalue weighted by Gasteiger charge is -2.35. The molecule has 1 amide bonds. The smallest absolute Gasteiger partial charge is 0.227 e. The van der Waals surface area contributed by atoms with Crippen LogP contribution in [0.2, 0.25) is 0 Å². The summed E-state index contributed by atoms with van der Waals surface area (Å²) >= 11 is 0. The normalized spacial score (nSPS) is 16.2. The number of anilines is 1. The molecule has 1 atom stereocenters. The van der Waals surface area contributed by atoms with Gasteiger partial charge in [-0.2, -0.15) is 0 Å². The van der Waals surface area contributed by atoms with Crippen molar-refractivity contribution >= 4 is 11.6 Å². The van der Waals surface area contributed by atoms with E-state index < -0.39 is 0 Å². The maximum atomic E-state index is 12.9. The summed E-state index contributed by atoms with van der Waals surface area (Å²) in [5, 5.41) is 0. The molecule has 0 radical (unpaired) electrons. The van der Waals surface area contributed by atoms with Gasteiger partial charge in [0, 0.05) is 30.1 Å². The number of carbonyl (C=O) groups is 1. The molecule has 0 N–H and O–H groups in total. The average Bonchev–Trinajstić information content (AvgIpc) is 3.15. The molecule has 27 heavy (non-hydrogen) atoms. The highest BCUT2D eigenvalue weighted by atomic mass is 16.4. The van der Waals surface area contributed by atoms with Gasteiger partial charge in [-0.3, -0.25) is 4.79 Å². The number of aromatic nitrogens is 1. The monoisotopic (exact) mass is 360 g/mol. The highest BCUT2D eigenvalue weighted by Gasteiger charge is 2.27. The molecule has 0 spiro atoms. The van der Waals surface area contributed by atoms with Crippen LogP contribution < -0.4 is 4.90 Å². The summed E-state index contributed by atoms with van der Waals surface area (Å²) in [6.45, 7) is 4.18. The van der Waals surface area contributed by atoms with Crippen LogP contribution in [-0.4, -0.2) is 16.9 Å². The van der Waals surface area contributed by atoms with Crippen molar-refractivity contribution in [3.05, 3.63) is 71.7 Å². The van der Waals surface area contributed by atoms with Crippen LogP contribution >= 0.6 is 0 Å². The van der Waals surface area contributed by atoms with Crippen molar-refractivity contribution in [2.75, 3.05) is 4.90 Å². The number of benzene rings is 2. The Morgan fingerprint density at radius 3 is 2.78 bits per heavy atom. The van der Waals surface area contributed by atoms with Gasteiger partial charge in [0.25, 0.3) is 0 Å². The Kier molecular flexibility index (Phi) is 4.80. The van der Waals surface area contributed by atoms with Crippen LogP contribution in [-0.2, 0) is 17.6 Å². The van der Waals surface area contributed by atoms with Gasteiger partial charge in [0.2, 0.25) is 5.91 Å². The molecule has 1 unspecified atom stereocenters. The molecule has 1 aromatic heterocycles. The number of rotatable bonds is 4. The third-order valence-electron chi connectivity index (χ3n) is 5.23. The van der Waals surface area contributed by atoms with E-state index in [4.69, 9.17) is 4.42 Å². The summed E-state index contributed by atoms with van der Waals surface area (Å²) in [5.41, 5.74) is 4.51. The molecule has 0 bridgehead atoms. The maximum absolute atomic E-state index is 12.9. The van der Waals surface area contributed by atoms with Gasteiger partial charge < -0.3 is 9.32 Å². The molecule has 1 aliphatic rings. The number of para-hydroxylation sites is 1. The number of aryl methyl sites for hydroxylation is 3. The van der Waals surface area contributed by atoms with Gasteiger partial charge in [-0.25, -0.2) is 4.98 Å². The van der Waals surface area contributed by atoms with Crippen molar-refractivity contribution in [3.63, 3.8) is 0 Å². The van der Waals surface area contributed by atoms with E-state index >= 15 is 0 Å². The van der Waals surface area contributed by atoms with Crippen molar-refractivity contribution in [1.29, 1.82) is 0 Å². The van der Waals surface area contributed by atoms with E-state index in [-0.39, 0.29) is 11.9 Å². The highest BCUT2D eigenvalue weighted by molar-refractivity contribution is 5.95. The first-order valence-electron chi connectivity index (χ1n) is 9.53. The van der Waals surface area contributed by atoms with Crippen LogP contribution in [0.25, 0.3) is 11.3 Å². The second-order valence-electron chi connectivity index (χ2n) is 7.26. The number of oxazole rings is 1. The zero-order chi connectivity index (χ0) is 18.8. The molecule has 2 aromatic carbocycles. The Labute approximate surface area is 159 Å². The highest BCUT2D eigenvalue weighted by Crippen LogP contribution is 2.31. The second-order valence-corrected chi connectivity index (χ2v) is 7.26. The molecule has 0 aliphatic carbocycles. The standard InChI is InChI=1S/C23H24N2O2/c1-16-7-10-19(11-8-16)21-15-24-22(27-21)13-14-23(26)25-17(2)9-12-18-5-3-4-6-20(18)25/h3-8,10-11,15,17H,9,12-14H2,1-2H3. The predicted octanol–water partition coefficient (Wildman–Crippen LogP) is 4.95. The summed E-state index contributed by atoms with van der Waals surface area (Å²) in [7, 11) is 0. The fourth-order valence-corrected chi connectivity index (χ4v) is 3.68. The number of carbonyl (C=O) groups excluding carboxylic acids is 1. The van der Waals surface area contributed by atoms with Crippen LogP contribution in [0.5, 0.6) is 0 Å². The third kappa shape index (κ3) is 3.65. The molecular formula is C23H24N2O2. The van der Waals surface area contributed by atoms with Crippen molar-refractivity contribution in [2.24, 2.45) is 0 Å². The minimum atomic E-state index is 0.129. The van der Waals surface area contributed by atoms with Gasteiger partial charge in [0.15, 0.2) is 11.7 Å². The SMILES string of the molecule is Cc1ccc(-c2cnc(CCC(=O)N3c4ccccc4CCC3C)o2)cc1. The second kappa shape index (κ2) is 7.39. The van der Waals surface area contributed by atoms with E-state index in [9.17, 15) is 4.79 Å². The van der Waals surface area contributed by atoms with Gasteiger partial charge in [0.1, 0.15) is 0 Å². The van der Waals surface area contributed by atoms with E-state index in [1.807, 2.05) is 35.2 Å². The third-order valence-corrected chi connectivity index (χ3v) is 5.23. The number of nitrogens with zero attached hydrogens (tertiary/aromatic N) is 2. The van der Waals surface area contributed by atoms with E-state index in [1.54, 1.807) is 6.20 Å². The lowest BCUT2D eigenvalue weighted by Crippen LogP contribution is -2.42. The zero-order valence-electron chi connectivity index (χ0n) is 15.8. The summed E-state index contributed by atoms with van der Waals surface area (Å²) < 4.78 is 5.86. The van der Waals surface area contributed by atoms with Gasteiger partial charge in [-0.05, 0) is 38.3 Å². The molecule has 0 saturated heterocycles. The molecular weight excluding hydrogens is 336 g/mol. The van der Waals surface area contributed by atoms with E-state index in [0.717, 1.165) is 29.9 Å². The Balaban J connectivity index is 1.45. The summed E-state index contributed by atoms with van der Waals surface area (Å²) in [5.74, 6) is 1.48. The molecule has 4 heteroatoms. The van der Waals surface area contributed by atoms with Gasteiger partial charge >= 0.3 is 0 Å². The van der Waals surface area contributed by atoms with Crippen LogP contribution in [0.15, 0.2) is 59.1 Å². The Morgan fingerprint density at radius 1 is 1.19 bits per heavy atom. The molecule has 0 saturated carbocycles. The first kappa shape index (κ1) is 17.5. The average molecular weight is 360 g/mol. The van der Waals surface area contributed by atoms with Crippen LogP contribution in [0.3, 0.4) is 0 Å².